The van der Waals surface area contributed by atoms with Gasteiger partial charge >= 0.3 is 0 Å². The minimum Gasteiger partial charge on any atom is -0.392 e. The van der Waals surface area contributed by atoms with Gasteiger partial charge in [0.2, 0.25) is 0 Å². The molecule has 2 fully saturated rings. The summed E-state index contributed by atoms with van der Waals surface area (Å²) in [4.78, 5) is 2.52. The maximum atomic E-state index is 9.91. The van der Waals surface area contributed by atoms with Crippen LogP contribution in [0.2, 0.25) is 0 Å². The largest absolute Gasteiger partial charge is 0.392 e. The highest BCUT2D eigenvalue weighted by molar-refractivity contribution is 4.91. The second-order valence-electron chi connectivity index (χ2n) is 7.77. The third-order valence-corrected chi connectivity index (χ3v) is 5.11. The van der Waals surface area contributed by atoms with E-state index < -0.39 is 0 Å². The van der Waals surface area contributed by atoms with Crippen LogP contribution in [0.5, 0.6) is 0 Å². The van der Waals surface area contributed by atoms with Gasteiger partial charge in [0.05, 0.1) is 6.10 Å². The third-order valence-electron chi connectivity index (χ3n) is 5.11. The summed E-state index contributed by atoms with van der Waals surface area (Å²) < 4.78 is 0. The zero-order chi connectivity index (χ0) is 14.6. The lowest BCUT2D eigenvalue weighted by atomic mass is 9.69. The molecule has 3 atom stereocenters. The first-order valence-electron chi connectivity index (χ1n) is 8.63. The SMILES string of the molecule is CC1CCCC(CNC(C)C)(CN2CCCC(O)C2)C1. The number of piperidine rings is 1. The molecule has 3 heteroatoms. The maximum absolute atomic E-state index is 9.91. The molecule has 0 aromatic carbocycles. The predicted octanol–water partition coefficient (Wildman–Crippen LogP) is 2.64. The van der Waals surface area contributed by atoms with E-state index in [-0.39, 0.29) is 6.10 Å². The maximum Gasteiger partial charge on any atom is 0.0667 e. The van der Waals surface area contributed by atoms with Gasteiger partial charge in [0, 0.05) is 25.7 Å². The monoisotopic (exact) mass is 282 g/mol. The van der Waals surface area contributed by atoms with Crippen molar-refractivity contribution in [3.63, 3.8) is 0 Å². The van der Waals surface area contributed by atoms with Crippen LogP contribution in [0, 0.1) is 11.3 Å². The summed E-state index contributed by atoms with van der Waals surface area (Å²) in [5, 5.41) is 13.6. The van der Waals surface area contributed by atoms with Crippen LogP contribution in [0.4, 0.5) is 0 Å². The fourth-order valence-electron chi connectivity index (χ4n) is 4.20. The van der Waals surface area contributed by atoms with Gasteiger partial charge in [-0.3, -0.25) is 0 Å². The van der Waals surface area contributed by atoms with Crippen molar-refractivity contribution in [3.05, 3.63) is 0 Å². The van der Waals surface area contributed by atoms with E-state index in [1.165, 1.54) is 38.8 Å². The zero-order valence-electron chi connectivity index (χ0n) is 13.7. The molecule has 0 aromatic heterocycles. The van der Waals surface area contributed by atoms with Crippen LogP contribution in [0.1, 0.15) is 59.3 Å². The fraction of sp³-hybridized carbons (Fsp3) is 1.00. The lowest BCUT2D eigenvalue weighted by molar-refractivity contribution is 0.0225. The van der Waals surface area contributed by atoms with Gasteiger partial charge < -0.3 is 15.3 Å². The summed E-state index contributed by atoms with van der Waals surface area (Å²) in [5.41, 5.74) is 0.430. The molecule has 1 aliphatic carbocycles. The van der Waals surface area contributed by atoms with Crippen molar-refractivity contribution in [1.29, 1.82) is 0 Å². The normalized spacial score (nSPS) is 36.5. The van der Waals surface area contributed by atoms with Crippen LogP contribution >= 0.6 is 0 Å². The Kier molecular flexibility index (Phi) is 5.88. The number of nitrogens with one attached hydrogen (secondary N) is 1. The van der Waals surface area contributed by atoms with E-state index in [0.717, 1.165) is 31.8 Å². The highest BCUT2D eigenvalue weighted by Crippen LogP contribution is 2.40. The molecule has 1 heterocycles. The van der Waals surface area contributed by atoms with Crippen LogP contribution in [-0.2, 0) is 0 Å². The van der Waals surface area contributed by atoms with Gasteiger partial charge in [-0.05, 0) is 43.6 Å². The Morgan fingerprint density at radius 2 is 2.10 bits per heavy atom. The fourth-order valence-corrected chi connectivity index (χ4v) is 4.20. The van der Waals surface area contributed by atoms with Gasteiger partial charge in [-0.2, -0.15) is 0 Å². The number of nitrogens with zero attached hydrogens (tertiary/aromatic N) is 1. The minimum absolute atomic E-state index is 0.0973. The summed E-state index contributed by atoms with van der Waals surface area (Å²) in [7, 11) is 0. The summed E-state index contributed by atoms with van der Waals surface area (Å²) in [6.07, 6.45) is 7.51. The molecule has 118 valence electrons. The number of rotatable bonds is 5. The molecule has 0 bridgehead atoms. The Labute approximate surface area is 125 Å². The lowest BCUT2D eigenvalue weighted by Gasteiger charge is -2.45. The number of aliphatic hydroxyl groups excluding tert-OH is 1. The van der Waals surface area contributed by atoms with E-state index in [4.69, 9.17) is 0 Å². The first kappa shape index (κ1) is 16.3. The van der Waals surface area contributed by atoms with Crippen molar-refractivity contribution in [2.45, 2.75) is 71.4 Å². The van der Waals surface area contributed by atoms with E-state index in [9.17, 15) is 5.11 Å². The van der Waals surface area contributed by atoms with Gasteiger partial charge in [0.1, 0.15) is 0 Å². The van der Waals surface area contributed by atoms with Gasteiger partial charge in [0.25, 0.3) is 0 Å². The number of aliphatic hydroxyl groups is 1. The molecule has 2 rings (SSSR count). The Morgan fingerprint density at radius 3 is 2.75 bits per heavy atom. The quantitative estimate of drug-likeness (QED) is 0.814. The van der Waals surface area contributed by atoms with Crippen LogP contribution in [-0.4, -0.2) is 48.3 Å². The Bertz CT molecular complexity index is 295. The van der Waals surface area contributed by atoms with Crippen molar-refractivity contribution in [3.8, 4) is 0 Å². The van der Waals surface area contributed by atoms with E-state index in [0.29, 0.717) is 11.5 Å². The van der Waals surface area contributed by atoms with Gasteiger partial charge in [0.15, 0.2) is 0 Å². The molecular weight excluding hydrogens is 248 g/mol. The highest BCUT2D eigenvalue weighted by atomic mass is 16.3. The molecule has 1 saturated carbocycles. The molecule has 1 aliphatic heterocycles. The van der Waals surface area contributed by atoms with Crippen LogP contribution < -0.4 is 5.32 Å². The first-order valence-corrected chi connectivity index (χ1v) is 8.63. The van der Waals surface area contributed by atoms with Gasteiger partial charge in [-0.15, -0.1) is 0 Å². The molecule has 2 N–H and O–H groups in total. The molecule has 0 radical (unpaired) electrons. The van der Waals surface area contributed by atoms with Crippen molar-refractivity contribution >= 4 is 0 Å². The van der Waals surface area contributed by atoms with Crippen LogP contribution in [0.3, 0.4) is 0 Å². The predicted molar refractivity (Wildman–Crippen MR) is 84.9 cm³/mol. The van der Waals surface area contributed by atoms with Gasteiger partial charge in [-0.25, -0.2) is 0 Å². The Balaban J connectivity index is 1.97. The molecule has 3 unspecified atom stereocenters. The molecule has 0 aromatic rings. The number of hydrogen-bond donors (Lipinski definition) is 2. The van der Waals surface area contributed by atoms with Crippen molar-refractivity contribution in [2.24, 2.45) is 11.3 Å². The molecule has 2 aliphatic rings. The Morgan fingerprint density at radius 1 is 1.30 bits per heavy atom. The smallest absolute Gasteiger partial charge is 0.0667 e. The molecule has 0 amide bonds. The third kappa shape index (κ3) is 4.71. The zero-order valence-corrected chi connectivity index (χ0v) is 13.7. The average Bonchev–Trinajstić information content (AvgIpc) is 2.36. The molecule has 20 heavy (non-hydrogen) atoms. The van der Waals surface area contributed by atoms with E-state index in [2.05, 4.69) is 31.0 Å². The van der Waals surface area contributed by atoms with E-state index in [1.807, 2.05) is 0 Å². The summed E-state index contributed by atoms with van der Waals surface area (Å²) in [5.74, 6) is 0.854. The van der Waals surface area contributed by atoms with Gasteiger partial charge in [-0.1, -0.05) is 33.6 Å². The van der Waals surface area contributed by atoms with Crippen LogP contribution in [0.15, 0.2) is 0 Å². The van der Waals surface area contributed by atoms with Crippen molar-refractivity contribution in [2.75, 3.05) is 26.2 Å². The van der Waals surface area contributed by atoms with Crippen LogP contribution in [0.25, 0.3) is 0 Å². The molecular formula is C17H34N2O. The Hall–Kier alpha value is -0.120. The van der Waals surface area contributed by atoms with Crippen molar-refractivity contribution < 1.29 is 5.11 Å². The molecule has 0 spiro atoms. The van der Waals surface area contributed by atoms with E-state index >= 15 is 0 Å². The standard InChI is InChI=1S/C17H34N2O/c1-14(2)18-12-17(8-4-6-15(3)10-17)13-19-9-5-7-16(20)11-19/h14-16,18,20H,4-13H2,1-3H3. The topological polar surface area (TPSA) is 35.5 Å². The summed E-state index contributed by atoms with van der Waals surface area (Å²) >= 11 is 0. The summed E-state index contributed by atoms with van der Waals surface area (Å²) in [6.45, 7) is 11.3. The minimum atomic E-state index is -0.0973. The molecule has 3 nitrogen and oxygen atoms in total. The average molecular weight is 282 g/mol. The highest BCUT2D eigenvalue weighted by Gasteiger charge is 2.37. The second-order valence-corrected chi connectivity index (χ2v) is 7.77. The number of β-amino-alcohol motifs (C(OH)–C–C–N with tert-alkyl or cyclic N) is 1. The molecule has 1 saturated heterocycles. The number of likely N-dealkylation sites (tertiary alicyclic amines) is 1. The van der Waals surface area contributed by atoms with Crippen molar-refractivity contribution in [1.82, 2.24) is 10.2 Å². The van der Waals surface area contributed by atoms with E-state index in [1.54, 1.807) is 0 Å². The lowest BCUT2D eigenvalue weighted by Crippen LogP contribution is -2.50. The number of hydrogen-bond acceptors (Lipinski definition) is 3. The summed E-state index contributed by atoms with van der Waals surface area (Å²) in [6, 6.07) is 0.566. The second kappa shape index (κ2) is 7.24. The first-order chi connectivity index (χ1) is 9.49.